The van der Waals surface area contributed by atoms with Gasteiger partial charge in [0.2, 0.25) is 0 Å². The highest BCUT2D eigenvalue weighted by molar-refractivity contribution is 5.97. The number of carbonyl (C=O) groups excluding carboxylic acids is 1. The zero-order valence-electron chi connectivity index (χ0n) is 8.70. The highest BCUT2D eigenvalue weighted by atomic mass is 79.9. The molecule has 1 rings (SSSR count). The van der Waals surface area contributed by atoms with Crippen LogP contribution in [-0.4, -0.2) is 18.9 Å². The summed E-state index contributed by atoms with van der Waals surface area (Å²) in [5.74, 6) is 0.743. The smallest absolute Gasteiger partial charge is 0.176 e. The molecule has 2 N–H and O–H groups in total. The van der Waals surface area contributed by atoms with Gasteiger partial charge in [-0.3, -0.25) is 4.79 Å². The van der Waals surface area contributed by atoms with Crippen LogP contribution in [0.4, 0.5) is 0 Å². The number of carbonyl (C=O) groups is 1. The molecule has 15 heavy (non-hydrogen) atoms. The third kappa shape index (κ3) is 4.44. The van der Waals surface area contributed by atoms with Gasteiger partial charge in [-0.2, -0.15) is 0 Å². The number of nitrogens with two attached hydrogens (primary N) is 1. The van der Waals surface area contributed by atoms with Crippen LogP contribution in [0.25, 0.3) is 0 Å². The van der Waals surface area contributed by atoms with E-state index in [4.69, 9.17) is 10.5 Å². The van der Waals surface area contributed by atoms with E-state index in [9.17, 15) is 4.79 Å². The van der Waals surface area contributed by atoms with Crippen molar-refractivity contribution in [3.8, 4) is 5.75 Å². The summed E-state index contributed by atoms with van der Waals surface area (Å²) < 4.78 is 5.38. The van der Waals surface area contributed by atoms with Crippen molar-refractivity contribution in [2.75, 3.05) is 13.2 Å². The summed E-state index contributed by atoms with van der Waals surface area (Å²) in [6.45, 7) is 2.80. The summed E-state index contributed by atoms with van der Waals surface area (Å²) in [5.41, 5.74) is 5.88. The lowest BCUT2D eigenvalue weighted by atomic mass is 10.1. The number of hydrogen-bond acceptors (Lipinski definition) is 3. The van der Waals surface area contributed by atoms with Crippen LogP contribution in [0.5, 0.6) is 5.75 Å². The van der Waals surface area contributed by atoms with Gasteiger partial charge in [-0.1, -0.05) is 6.92 Å². The summed E-state index contributed by atoms with van der Waals surface area (Å²) >= 11 is 0. The first-order valence-corrected chi connectivity index (χ1v) is 4.74. The van der Waals surface area contributed by atoms with Crippen molar-refractivity contribution in [2.24, 2.45) is 5.73 Å². The molecule has 0 aliphatic heterocycles. The summed E-state index contributed by atoms with van der Waals surface area (Å²) in [4.78, 5) is 11.2. The van der Waals surface area contributed by atoms with Crippen LogP contribution in [-0.2, 0) is 0 Å². The van der Waals surface area contributed by atoms with Gasteiger partial charge in [0, 0.05) is 5.56 Å². The molecular weight excluding hydrogens is 258 g/mol. The minimum Gasteiger partial charge on any atom is -1.00 e. The van der Waals surface area contributed by atoms with E-state index in [2.05, 4.69) is 0 Å². The van der Waals surface area contributed by atoms with E-state index in [0.29, 0.717) is 12.2 Å². The van der Waals surface area contributed by atoms with Crippen LogP contribution < -0.4 is 27.5 Å². The predicted molar refractivity (Wildman–Crippen MR) is 55.6 cm³/mol. The number of benzene rings is 1. The first kappa shape index (κ1) is 14.1. The molecule has 0 spiro atoms. The molecule has 0 amide bonds. The maximum absolute atomic E-state index is 11.2. The van der Waals surface area contributed by atoms with Gasteiger partial charge in [0.05, 0.1) is 13.2 Å². The molecule has 84 valence electrons. The zero-order valence-corrected chi connectivity index (χ0v) is 10.3. The topological polar surface area (TPSA) is 52.3 Å². The van der Waals surface area contributed by atoms with Gasteiger partial charge >= 0.3 is 0 Å². The molecule has 0 heterocycles. The van der Waals surface area contributed by atoms with E-state index in [-0.39, 0.29) is 29.3 Å². The lowest BCUT2D eigenvalue weighted by Crippen LogP contribution is -3.00. The van der Waals surface area contributed by atoms with Crippen molar-refractivity contribution < 1.29 is 26.5 Å². The highest BCUT2D eigenvalue weighted by Crippen LogP contribution is 2.12. The van der Waals surface area contributed by atoms with Crippen molar-refractivity contribution in [2.45, 2.75) is 13.3 Å². The molecule has 0 bridgehead atoms. The Hall–Kier alpha value is -0.870. The van der Waals surface area contributed by atoms with Crippen molar-refractivity contribution in [3.05, 3.63) is 29.8 Å². The average Bonchev–Trinajstić information content (AvgIpc) is 2.26. The first-order valence-electron chi connectivity index (χ1n) is 4.74. The SMILES string of the molecule is CCCOc1ccc(C(=O)CN)cc1.[Br-]. The number of Topliss-reactive ketones (excluding diaryl/α,β-unsaturated/α-hetero) is 1. The van der Waals surface area contributed by atoms with E-state index in [1.807, 2.05) is 6.92 Å². The second-order valence-corrected chi connectivity index (χ2v) is 3.00. The Labute approximate surface area is 100 Å². The monoisotopic (exact) mass is 272 g/mol. The summed E-state index contributed by atoms with van der Waals surface area (Å²) in [5, 5.41) is 0. The fraction of sp³-hybridized carbons (Fsp3) is 0.364. The lowest BCUT2D eigenvalue weighted by Gasteiger charge is -2.04. The molecule has 0 aliphatic carbocycles. The van der Waals surface area contributed by atoms with Crippen molar-refractivity contribution in [1.82, 2.24) is 0 Å². The molecule has 0 saturated heterocycles. The molecule has 0 saturated carbocycles. The molecule has 1 aromatic carbocycles. The Morgan fingerprint density at radius 2 is 1.93 bits per heavy atom. The minimum atomic E-state index is -0.0490. The summed E-state index contributed by atoms with van der Waals surface area (Å²) in [6.07, 6.45) is 0.976. The van der Waals surface area contributed by atoms with E-state index in [1.54, 1.807) is 24.3 Å². The quantitative estimate of drug-likeness (QED) is 0.673. The van der Waals surface area contributed by atoms with Crippen LogP contribution in [0.3, 0.4) is 0 Å². The van der Waals surface area contributed by atoms with Crippen LogP contribution in [0.1, 0.15) is 23.7 Å². The fourth-order valence-corrected chi connectivity index (χ4v) is 1.07. The van der Waals surface area contributed by atoms with Gasteiger partial charge in [0.25, 0.3) is 0 Å². The second-order valence-electron chi connectivity index (χ2n) is 3.00. The van der Waals surface area contributed by atoms with Crippen LogP contribution in [0, 0.1) is 0 Å². The van der Waals surface area contributed by atoms with E-state index in [0.717, 1.165) is 12.2 Å². The molecule has 0 aromatic heterocycles. The Morgan fingerprint density at radius 3 is 2.40 bits per heavy atom. The van der Waals surface area contributed by atoms with Crippen molar-refractivity contribution in [1.29, 1.82) is 0 Å². The van der Waals surface area contributed by atoms with Gasteiger partial charge < -0.3 is 27.5 Å². The Balaban J connectivity index is 0.00000196. The molecule has 0 atom stereocenters. The molecule has 0 radical (unpaired) electrons. The number of rotatable bonds is 5. The van der Waals surface area contributed by atoms with Crippen LogP contribution >= 0.6 is 0 Å². The Kier molecular flexibility index (Phi) is 6.99. The van der Waals surface area contributed by atoms with Crippen molar-refractivity contribution in [3.63, 3.8) is 0 Å². The maximum atomic E-state index is 11.2. The fourth-order valence-electron chi connectivity index (χ4n) is 1.07. The lowest BCUT2D eigenvalue weighted by molar-refractivity contribution is -0.0000111. The molecule has 3 nitrogen and oxygen atoms in total. The number of halogens is 1. The number of ether oxygens (including phenoxy) is 1. The van der Waals surface area contributed by atoms with E-state index < -0.39 is 0 Å². The minimum absolute atomic E-state index is 0. The normalized spacial score (nSPS) is 9.20. The standard InChI is InChI=1S/C11H15NO2.BrH/c1-2-7-14-10-5-3-9(4-6-10)11(13)8-12;/h3-6H,2,7-8,12H2,1H3;1H/p-1. The van der Waals surface area contributed by atoms with E-state index in [1.165, 1.54) is 0 Å². The van der Waals surface area contributed by atoms with Crippen LogP contribution in [0.15, 0.2) is 24.3 Å². The third-order valence-electron chi connectivity index (χ3n) is 1.83. The predicted octanol–water partition coefficient (Wildman–Crippen LogP) is -1.38. The average molecular weight is 273 g/mol. The maximum Gasteiger partial charge on any atom is 0.176 e. The molecule has 0 fully saturated rings. The molecule has 4 heteroatoms. The third-order valence-corrected chi connectivity index (χ3v) is 1.83. The molecule has 1 aromatic rings. The molecule has 0 aliphatic rings. The van der Waals surface area contributed by atoms with Gasteiger partial charge in [0.15, 0.2) is 5.78 Å². The number of hydrogen-bond donors (Lipinski definition) is 1. The second kappa shape index (κ2) is 7.43. The largest absolute Gasteiger partial charge is 1.00 e. The number of ketones is 1. The van der Waals surface area contributed by atoms with Gasteiger partial charge in [-0.15, -0.1) is 0 Å². The van der Waals surface area contributed by atoms with Gasteiger partial charge in [-0.05, 0) is 30.7 Å². The Morgan fingerprint density at radius 1 is 1.33 bits per heavy atom. The Bertz CT molecular complexity index is 298. The van der Waals surface area contributed by atoms with Crippen LogP contribution in [0.2, 0.25) is 0 Å². The first-order chi connectivity index (χ1) is 6.77. The molecule has 0 unspecified atom stereocenters. The zero-order chi connectivity index (χ0) is 10.4. The summed E-state index contributed by atoms with van der Waals surface area (Å²) in [6, 6.07) is 7.05. The van der Waals surface area contributed by atoms with Crippen molar-refractivity contribution >= 4 is 5.78 Å². The van der Waals surface area contributed by atoms with E-state index >= 15 is 0 Å². The highest BCUT2D eigenvalue weighted by Gasteiger charge is 2.02. The summed E-state index contributed by atoms with van der Waals surface area (Å²) in [7, 11) is 0. The van der Waals surface area contributed by atoms with Gasteiger partial charge in [-0.25, -0.2) is 0 Å². The molecular formula is C11H15BrNO2-. The van der Waals surface area contributed by atoms with Gasteiger partial charge in [0.1, 0.15) is 5.75 Å².